The van der Waals surface area contributed by atoms with Gasteiger partial charge in [0.15, 0.2) is 5.65 Å². The highest BCUT2D eigenvalue weighted by Crippen LogP contribution is 2.60. The first kappa shape index (κ1) is 28.5. The highest BCUT2D eigenvalue weighted by molar-refractivity contribution is 5.98. The van der Waals surface area contributed by atoms with E-state index >= 15 is 4.39 Å². The lowest BCUT2D eigenvalue weighted by Crippen LogP contribution is -2.26. The summed E-state index contributed by atoms with van der Waals surface area (Å²) in [5.74, 6) is 0.837. The van der Waals surface area contributed by atoms with E-state index in [1.54, 1.807) is 18.5 Å². The first-order chi connectivity index (χ1) is 20.5. The number of pyridine rings is 1. The molecule has 2 aliphatic carbocycles. The number of nitrogens with two attached hydrogens (primary N) is 1. The van der Waals surface area contributed by atoms with Gasteiger partial charge in [0.05, 0.1) is 17.1 Å². The average Bonchev–Trinajstić information content (AvgIpc) is 3.69. The van der Waals surface area contributed by atoms with Gasteiger partial charge in [-0.2, -0.15) is 5.10 Å². The number of rotatable bonds is 12. The van der Waals surface area contributed by atoms with Gasteiger partial charge >= 0.3 is 0 Å². The van der Waals surface area contributed by atoms with E-state index in [0.29, 0.717) is 40.1 Å². The molecule has 6 rings (SSSR count). The molecule has 1 aromatic carbocycles. The van der Waals surface area contributed by atoms with Crippen molar-refractivity contribution in [1.82, 2.24) is 29.6 Å². The van der Waals surface area contributed by atoms with Gasteiger partial charge in [-0.15, -0.1) is 0 Å². The Labute approximate surface area is 248 Å². The minimum absolute atomic E-state index is 0.254. The summed E-state index contributed by atoms with van der Waals surface area (Å²) in [5, 5.41) is 8.91. The average molecular weight is 571 g/mol. The molecule has 2 fully saturated rings. The molecule has 4 aromatic rings. The van der Waals surface area contributed by atoms with E-state index in [4.69, 9.17) is 10.8 Å². The second-order valence-electron chi connectivity index (χ2n) is 12.4. The Morgan fingerprint density at radius 1 is 1.07 bits per heavy atom. The minimum Gasteiger partial charge on any atom is -0.383 e. The molecule has 9 heteroatoms. The fourth-order valence-corrected chi connectivity index (χ4v) is 7.11. The zero-order valence-electron chi connectivity index (χ0n) is 24.9. The van der Waals surface area contributed by atoms with Crippen LogP contribution in [0.3, 0.4) is 0 Å². The van der Waals surface area contributed by atoms with E-state index in [9.17, 15) is 0 Å². The largest absolute Gasteiger partial charge is 0.383 e. The fourth-order valence-electron chi connectivity index (χ4n) is 7.11. The summed E-state index contributed by atoms with van der Waals surface area (Å²) < 4.78 is 17.3. The van der Waals surface area contributed by atoms with Crippen LogP contribution in [0.4, 0.5) is 15.9 Å². The minimum atomic E-state index is -0.337. The van der Waals surface area contributed by atoms with Crippen LogP contribution < -0.4 is 11.1 Å². The first-order valence-electron chi connectivity index (χ1n) is 15.6. The van der Waals surface area contributed by atoms with Crippen LogP contribution in [0.5, 0.6) is 0 Å². The number of hydrogen-bond donors (Lipinski definition) is 2. The molecule has 3 N–H and O–H groups in total. The van der Waals surface area contributed by atoms with Crippen LogP contribution in [0.15, 0.2) is 49.1 Å². The molecular formula is C33H43FN8. The number of fused-ring (bicyclic) bond motifs is 1. The zero-order chi connectivity index (χ0) is 29.1. The van der Waals surface area contributed by atoms with Crippen molar-refractivity contribution in [3.8, 4) is 11.3 Å². The van der Waals surface area contributed by atoms with E-state index in [1.807, 2.05) is 22.9 Å². The zero-order valence-corrected chi connectivity index (χ0v) is 24.9. The highest BCUT2D eigenvalue weighted by Gasteiger charge is 2.49. The molecule has 2 saturated carbocycles. The molecule has 0 aliphatic heterocycles. The van der Waals surface area contributed by atoms with Gasteiger partial charge in [-0.05, 0) is 119 Å². The summed E-state index contributed by atoms with van der Waals surface area (Å²) in [5.41, 5.74) is 10.5. The third kappa shape index (κ3) is 5.98. The van der Waals surface area contributed by atoms with Gasteiger partial charge in [0.1, 0.15) is 23.7 Å². The van der Waals surface area contributed by atoms with Crippen LogP contribution in [-0.4, -0.2) is 49.8 Å². The van der Waals surface area contributed by atoms with Gasteiger partial charge in [0.2, 0.25) is 0 Å². The number of aromatic nitrogens is 5. The van der Waals surface area contributed by atoms with Crippen molar-refractivity contribution in [1.29, 1.82) is 0 Å². The number of nitrogens with zero attached hydrogens (tertiary/aromatic N) is 6. The van der Waals surface area contributed by atoms with Crippen LogP contribution in [-0.2, 0) is 6.54 Å². The predicted octanol–water partition coefficient (Wildman–Crippen LogP) is 6.86. The number of anilines is 2. The molecule has 2 aliphatic rings. The topological polar surface area (TPSA) is 97.8 Å². The third-order valence-corrected chi connectivity index (χ3v) is 9.61. The van der Waals surface area contributed by atoms with Crippen molar-refractivity contribution >= 4 is 22.5 Å². The van der Waals surface area contributed by atoms with Crippen molar-refractivity contribution < 1.29 is 4.39 Å². The van der Waals surface area contributed by atoms with Gasteiger partial charge in [-0.1, -0.05) is 13.0 Å². The van der Waals surface area contributed by atoms with Crippen molar-refractivity contribution in [3.63, 3.8) is 0 Å². The molecular weight excluding hydrogens is 527 g/mol. The summed E-state index contributed by atoms with van der Waals surface area (Å²) in [6.45, 7) is 5.15. The van der Waals surface area contributed by atoms with Crippen molar-refractivity contribution in [3.05, 3.63) is 60.4 Å². The Morgan fingerprint density at radius 3 is 2.57 bits per heavy atom. The number of halogens is 1. The number of nitrogens with one attached hydrogen (secondary N) is 1. The van der Waals surface area contributed by atoms with Gasteiger partial charge in [-0.25, -0.2) is 19.0 Å². The molecule has 0 atom stereocenters. The van der Waals surface area contributed by atoms with E-state index in [-0.39, 0.29) is 11.9 Å². The molecule has 0 bridgehead atoms. The monoisotopic (exact) mass is 570 g/mol. The third-order valence-electron chi connectivity index (χ3n) is 9.61. The maximum atomic E-state index is 15.3. The number of nitrogen functional groups attached to an aromatic ring is 1. The molecule has 0 amide bonds. The molecule has 0 radical (unpaired) electrons. The van der Waals surface area contributed by atoms with Crippen LogP contribution in [0.2, 0.25) is 0 Å². The maximum absolute atomic E-state index is 15.3. The number of benzene rings is 1. The summed E-state index contributed by atoms with van der Waals surface area (Å²) in [7, 11) is 2.25. The quantitative estimate of drug-likeness (QED) is 0.192. The highest BCUT2D eigenvalue weighted by atomic mass is 19.1. The Morgan fingerprint density at radius 2 is 1.86 bits per heavy atom. The SMILES string of the molecule is CCCN(C)CCCC1(C2CCC(n3nc(-c4ccc(NCc5ccncc5)c(F)c4)c4c(N)ncnc43)CC2)CC1. The molecule has 8 nitrogen and oxygen atoms in total. The van der Waals surface area contributed by atoms with Crippen LogP contribution in [0.1, 0.15) is 76.3 Å². The van der Waals surface area contributed by atoms with Crippen LogP contribution in [0, 0.1) is 17.2 Å². The second kappa shape index (κ2) is 12.3. The molecule has 0 saturated heterocycles. The Balaban J connectivity index is 1.16. The summed E-state index contributed by atoms with van der Waals surface area (Å²) in [6.07, 6.45) is 16.2. The molecule has 0 spiro atoms. The molecule has 42 heavy (non-hydrogen) atoms. The molecule has 3 heterocycles. The van der Waals surface area contributed by atoms with Crippen LogP contribution in [0.25, 0.3) is 22.3 Å². The lowest BCUT2D eigenvalue weighted by Gasteiger charge is -2.34. The molecule has 0 unspecified atom stereocenters. The van der Waals surface area contributed by atoms with Gasteiger partial charge in [-0.3, -0.25) is 4.98 Å². The van der Waals surface area contributed by atoms with Crippen LogP contribution >= 0.6 is 0 Å². The normalized spacial score (nSPS) is 19.8. The van der Waals surface area contributed by atoms with Crippen molar-refractivity contribution in [2.75, 3.05) is 31.2 Å². The lowest BCUT2D eigenvalue weighted by atomic mass is 9.74. The van der Waals surface area contributed by atoms with E-state index < -0.39 is 0 Å². The van der Waals surface area contributed by atoms with E-state index in [2.05, 4.69) is 39.1 Å². The first-order valence-corrected chi connectivity index (χ1v) is 15.6. The van der Waals surface area contributed by atoms with Gasteiger partial charge in [0.25, 0.3) is 0 Å². The summed E-state index contributed by atoms with van der Waals surface area (Å²) in [4.78, 5) is 15.4. The summed E-state index contributed by atoms with van der Waals surface area (Å²) >= 11 is 0. The Bertz CT molecular complexity index is 1490. The predicted molar refractivity (Wildman–Crippen MR) is 166 cm³/mol. The van der Waals surface area contributed by atoms with Crippen molar-refractivity contribution in [2.24, 2.45) is 11.3 Å². The summed E-state index contributed by atoms with van der Waals surface area (Å²) in [6, 6.07) is 9.25. The van der Waals surface area contributed by atoms with E-state index in [1.165, 1.54) is 70.4 Å². The van der Waals surface area contributed by atoms with Crippen molar-refractivity contribution in [2.45, 2.75) is 77.3 Å². The standard InChI is InChI=1S/C33H43FN8/c1-3-18-41(2)19-4-13-33(14-15-33)25-6-8-26(9-7-25)42-32-29(31(35)38-22-39-32)30(40-42)24-5-10-28(27(34)20-24)37-21-23-11-16-36-17-12-23/h5,10-12,16-17,20,22,25-26,37H,3-4,6-9,13-15,18-19,21H2,1-2H3,(H2,35,38,39). The molecule has 222 valence electrons. The second-order valence-corrected chi connectivity index (χ2v) is 12.4. The number of hydrogen-bond acceptors (Lipinski definition) is 7. The maximum Gasteiger partial charge on any atom is 0.164 e. The Kier molecular flexibility index (Phi) is 8.38. The molecule has 3 aromatic heterocycles. The fraction of sp³-hybridized carbons (Fsp3) is 0.515. The van der Waals surface area contributed by atoms with E-state index in [0.717, 1.165) is 30.0 Å². The van der Waals surface area contributed by atoms with Gasteiger partial charge < -0.3 is 16.0 Å². The Hall–Kier alpha value is -3.59. The smallest absolute Gasteiger partial charge is 0.164 e. The van der Waals surface area contributed by atoms with Gasteiger partial charge in [0, 0.05) is 24.5 Å². The lowest BCUT2D eigenvalue weighted by molar-refractivity contribution is 0.169.